The standard InChI is InChI=1S/C13H20N2O2S/c1-3-17-12(16)7-6-11-9-18-13(14-11)15(2)8-10-4-5-10/h9-10H,3-8H2,1-2H3. The Labute approximate surface area is 112 Å². The molecule has 0 unspecified atom stereocenters. The zero-order valence-electron chi connectivity index (χ0n) is 11.0. The van der Waals surface area contributed by atoms with Crippen LogP contribution in [0.5, 0.6) is 0 Å². The van der Waals surface area contributed by atoms with Crippen LogP contribution in [0.15, 0.2) is 5.38 Å². The molecule has 1 aromatic heterocycles. The number of aromatic nitrogens is 1. The van der Waals surface area contributed by atoms with Gasteiger partial charge >= 0.3 is 5.97 Å². The Hall–Kier alpha value is -1.10. The van der Waals surface area contributed by atoms with E-state index < -0.39 is 0 Å². The normalized spacial score (nSPS) is 14.6. The smallest absolute Gasteiger partial charge is 0.306 e. The molecule has 0 radical (unpaired) electrons. The van der Waals surface area contributed by atoms with Gasteiger partial charge in [0.25, 0.3) is 0 Å². The van der Waals surface area contributed by atoms with Crippen LogP contribution in [0, 0.1) is 5.92 Å². The summed E-state index contributed by atoms with van der Waals surface area (Å²) in [5, 5.41) is 3.10. The summed E-state index contributed by atoms with van der Waals surface area (Å²) in [6.07, 6.45) is 3.80. The lowest BCUT2D eigenvalue weighted by Gasteiger charge is -2.14. The van der Waals surface area contributed by atoms with E-state index in [1.165, 1.54) is 12.8 Å². The number of carbonyl (C=O) groups is 1. The molecule has 0 saturated heterocycles. The second-order valence-corrected chi connectivity index (χ2v) is 5.59. The van der Waals surface area contributed by atoms with Gasteiger partial charge in [-0.15, -0.1) is 11.3 Å². The molecular weight excluding hydrogens is 248 g/mol. The Bertz CT molecular complexity index is 401. The van der Waals surface area contributed by atoms with Crippen molar-refractivity contribution in [2.24, 2.45) is 5.92 Å². The molecule has 2 rings (SSSR count). The fourth-order valence-electron chi connectivity index (χ4n) is 1.82. The number of hydrogen-bond acceptors (Lipinski definition) is 5. The Balaban J connectivity index is 1.79. The Morgan fingerprint density at radius 2 is 2.39 bits per heavy atom. The summed E-state index contributed by atoms with van der Waals surface area (Å²) < 4.78 is 4.91. The van der Waals surface area contributed by atoms with Crippen LogP contribution in [0.4, 0.5) is 5.13 Å². The molecule has 0 amide bonds. The maximum atomic E-state index is 11.3. The molecule has 0 N–H and O–H groups in total. The van der Waals surface area contributed by atoms with Crippen LogP contribution in [0.25, 0.3) is 0 Å². The van der Waals surface area contributed by atoms with Crippen LogP contribution in [0.1, 0.15) is 31.9 Å². The molecule has 0 aliphatic heterocycles. The Morgan fingerprint density at radius 1 is 1.61 bits per heavy atom. The van der Waals surface area contributed by atoms with Gasteiger partial charge in [-0.1, -0.05) is 0 Å². The number of carbonyl (C=O) groups excluding carboxylic acids is 1. The van der Waals surface area contributed by atoms with E-state index in [0.29, 0.717) is 19.4 Å². The molecule has 0 bridgehead atoms. The van der Waals surface area contributed by atoms with E-state index in [1.807, 2.05) is 12.3 Å². The molecule has 1 fully saturated rings. The third-order valence-electron chi connectivity index (χ3n) is 2.99. The summed E-state index contributed by atoms with van der Waals surface area (Å²) in [4.78, 5) is 18.0. The van der Waals surface area contributed by atoms with Gasteiger partial charge in [0.05, 0.1) is 18.7 Å². The monoisotopic (exact) mass is 268 g/mol. The van der Waals surface area contributed by atoms with Crippen molar-refractivity contribution in [1.82, 2.24) is 4.98 Å². The Kier molecular flexibility index (Phi) is 4.58. The zero-order chi connectivity index (χ0) is 13.0. The lowest BCUT2D eigenvalue weighted by atomic mass is 10.2. The number of aryl methyl sites for hydroxylation is 1. The average molecular weight is 268 g/mol. The topological polar surface area (TPSA) is 42.4 Å². The van der Waals surface area contributed by atoms with Crippen molar-refractivity contribution in [2.45, 2.75) is 32.6 Å². The molecule has 5 heteroatoms. The number of esters is 1. The number of anilines is 1. The first-order valence-electron chi connectivity index (χ1n) is 6.50. The fourth-order valence-corrected chi connectivity index (χ4v) is 2.65. The minimum Gasteiger partial charge on any atom is -0.466 e. The first-order valence-corrected chi connectivity index (χ1v) is 7.38. The number of thiazole rings is 1. The van der Waals surface area contributed by atoms with Gasteiger partial charge in [-0.25, -0.2) is 4.98 Å². The molecule has 1 heterocycles. The SMILES string of the molecule is CCOC(=O)CCc1csc(N(C)CC2CC2)n1. The predicted molar refractivity (Wildman–Crippen MR) is 73.1 cm³/mol. The highest BCUT2D eigenvalue weighted by atomic mass is 32.1. The van der Waals surface area contributed by atoms with Crippen LogP contribution in [-0.2, 0) is 16.0 Å². The number of rotatable bonds is 7. The van der Waals surface area contributed by atoms with Crippen molar-refractivity contribution in [3.63, 3.8) is 0 Å². The second-order valence-electron chi connectivity index (χ2n) is 4.75. The van der Waals surface area contributed by atoms with Gasteiger partial charge in [-0.05, 0) is 25.7 Å². The second kappa shape index (κ2) is 6.18. The van der Waals surface area contributed by atoms with Crippen molar-refractivity contribution < 1.29 is 9.53 Å². The van der Waals surface area contributed by atoms with Gasteiger partial charge in [0.2, 0.25) is 0 Å². The summed E-state index contributed by atoms with van der Waals surface area (Å²) in [6, 6.07) is 0. The van der Waals surface area contributed by atoms with E-state index in [1.54, 1.807) is 11.3 Å². The fraction of sp³-hybridized carbons (Fsp3) is 0.692. The van der Waals surface area contributed by atoms with Crippen molar-refractivity contribution in [3.05, 3.63) is 11.1 Å². The summed E-state index contributed by atoms with van der Waals surface area (Å²) in [5.41, 5.74) is 0.991. The van der Waals surface area contributed by atoms with Crippen molar-refractivity contribution in [3.8, 4) is 0 Å². The van der Waals surface area contributed by atoms with Crippen molar-refractivity contribution in [2.75, 3.05) is 25.1 Å². The van der Waals surface area contributed by atoms with E-state index >= 15 is 0 Å². The highest BCUT2D eigenvalue weighted by molar-refractivity contribution is 7.13. The molecule has 1 aliphatic rings. The highest BCUT2D eigenvalue weighted by Crippen LogP contribution is 2.31. The van der Waals surface area contributed by atoms with Gasteiger partial charge in [0, 0.05) is 25.4 Å². The maximum absolute atomic E-state index is 11.3. The quantitative estimate of drug-likeness (QED) is 0.713. The third kappa shape index (κ3) is 3.98. The van der Waals surface area contributed by atoms with Crippen LogP contribution < -0.4 is 4.90 Å². The zero-order valence-corrected chi connectivity index (χ0v) is 11.8. The summed E-state index contributed by atoms with van der Waals surface area (Å²) >= 11 is 1.66. The first-order chi connectivity index (χ1) is 8.69. The molecule has 0 spiro atoms. The minimum atomic E-state index is -0.140. The van der Waals surface area contributed by atoms with E-state index in [4.69, 9.17) is 4.74 Å². The Morgan fingerprint density at radius 3 is 3.06 bits per heavy atom. The highest BCUT2D eigenvalue weighted by Gasteiger charge is 2.23. The lowest BCUT2D eigenvalue weighted by molar-refractivity contribution is -0.143. The van der Waals surface area contributed by atoms with Crippen LogP contribution in [0.2, 0.25) is 0 Å². The lowest BCUT2D eigenvalue weighted by Crippen LogP contribution is -2.19. The van der Waals surface area contributed by atoms with E-state index in [-0.39, 0.29) is 5.97 Å². The molecule has 18 heavy (non-hydrogen) atoms. The number of nitrogens with zero attached hydrogens (tertiary/aromatic N) is 2. The number of hydrogen-bond donors (Lipinski definition) is 0. The summed E-state index contributed by atoms with van der Waals surface area (Å²) in [6.45, 7) is 3.38. The van der Waals surface area contributed by atoms with Crippen molar-refractivity contribution >= 4 is 22.4 Å². The molecule has 4 nitrogen and oxygen atoms in total. The predicted octanol–water partition coefficient (Wildman–Crippen LogP) is 2.49. The van der Waals surface area contributed by atoms with Gasteiger partial charge in [-0.3, -0.25) is 4.79 Å². The van der Waals surface area contributed by atoms with Gasteiger partial charge in [-0.2, -0.15) is 0 Å². The molecule has 100 valence electrons. The van der Waals surface area contributed by atoms with Crippen LogP contribution in [-0.4, -0.2) is 31.2 Å². The molecule has 1 saturated carbocycles. The van der Waals surface area contributed by atoms with Crippen LogP contribution in [0.3, 0.4) is 0 Å². The third-order valence-corrected chi connectivity index (χ3v) is 3.99. The van der Waals surface area contributed by atoms with E-state index in [2.05, 4.69) is 16.9 Å². The molecular formula is C13H20N2O2S. The van der Waals surface area contributed by atoms with Gasteiger partial charge in [0.15, 0.2) is 5.13 Å². The van der Waals surface area contributed by atoms with E-state index in [9.17, 15) is 4.79 Å². The van der Waals surface area contributed by atoms with Crippen LogP contribution >= 0.6 is 11.3 Å². The number of ether oxygens (including phenoxy) is 1. The van der Waals surface area contributed by atoms with E-state index in [0.717, 1.165) is 23.3 Å². The minimum absolute atomic E-state index is 0.140. The molecule has 1 aromatic rings. The molecule has 0 atom stereocenters. The summed E-state index contributed by atoms with van der Waals surface area (Å²) in [7, 11) is 2.09. The molecule has 1 aliphatic carbocycles. The van der Waals surface area contributed by atoms with Crippen molar-refractivity contribution in [1.29, 1.82) is 0 Å². The van der Waals surface area contributed by atoms with Gasteiger partial charge in [0.1, 0.15) is 0 Å². The largest absolute Gasteiger partial charge is 0.466 e. The average Bonchev–Trinajstić information content (AvgIpc) is 3.02. The van der Waals surface area contributed by atoms with Gasteiger partial charge < -0.3 is 9.64 Å². The summed E-state index contributed by atoms with van der Waals surface area (Å²) in [5.74, 6) is 0.722. The maximum Gasteiger partial charge on any atom is 0.306 e. The molecule has 0 aromatic carbocycles. The first kappa shape index (κ1) is 13.3.